The number of amides is 1. The van der Waals surface area contributed by atoms with Crippen LogP contribution < -0.4 is 10.1 Å². The second kappa shape index (κ2) is 7.80. The molecule has 0 bridgehead atoms. The Morgan fingerprint density at radius 2 is 2.14 bits per heavy atom. The van der Waals surface area contributed by atoms with Crippen LogP contribution in [0.1, 0.15) is 10.4 Å². The number of nitrogens with one attached hydrogen (secondary N) is 1. The molecular weight excluding hydrogens is 284 g/mol. The molecule has 0 spiro atoms. The van der Waals surface area contributed by atoms with E-state index in [2.05, 4.69) is 5.32 Å². The van der Waals surface area contributed by atoms with Crippen LogP contribution in [0.3, 0.4) is 0 Å². The molecule has 0 fully saturated rings. The number of hydrogen-bond donors (Lipinski definition) is 2. The van der Waals surface area contributed by atoms with Gasteiger partial charge in [-0.05, 0) is 6.07 Å². The zero-order valence-corrected chi connectivity index (χ0v) is 11.2. The smallest absolute Gasteiger partial charge is 0.329 e. The molecule has 0 heterocycles. The maximum absolute atomic E-state index is 11.9. The summed E-state index contributed by atoms with van der Waals surface area (Å²) in [6.45, 7) is -0.386. The van der Waals surface area contributed by atoms with Crippen LogP contribution >= 0.6 is 0 Å². The number of nitro groups is 1. The first-order valence-corrected chi connectivity index (χ1v) is 5.86. The van der Waals surface area contributed by atoms with Crippen LogP contribution in [0.5, 0.6) is 5.75 Å². The van der Waals surface area contributed by atoms with Gasteiger partial charge in [0.2, 0.25) is 5.75 Å². The number of carboxylic acid groups (broad SMARTS) is 1. The zero-order chi connectivity index (χ0) is 15.8. The van der Waals surface area contributed by atoms with Crippen molar-refractivity contribution in [3.05, 3.63) is 33.9 Å². The van der Waals surface area contributed by atoms with E-state index in [0.29, 0.717) is 0 Å². The molecule has 9 nitrogen and oxygen atoms in total. The Kier molecular flexibility index (Phi) is 6.08. The average Bonchev–Trinajstić information content (AvgIpc) is 2.45. The molecule has 0 aliphatic heterocycles. The number of carbonyl (C=O) groups is 2. The topological polar surface area (TPSA) is 128 Å². The maximum Gasteiger partial charge on any atom is 0.329 e. The lowest BCUT2D eigenvalue weighted by Crippen LogP contribution is -2.28. The number of carboxylic acids is 1. The summed E-state index contributed by atoms with van der Waals surface area (Å²) in [5, 5.41) is 21.6. The zero-order valence-electron chi connectivity index (χ0n) is 11.2. The van der Waals surface area contributed by atoms with E-state index in [1.165, 1.54) is 25.3 Å². The van der Waals surface area contributed by atoms with Crippen molar-refractivity contribution in [2.24, 2.45) is 0 Å². The molecule has 0 radical (unpaired) electrons. The number of methoxy groups -OCH3 is 1. The number of rotatable bonds is 8. The van der Waals surface area contributed by atoms with Gasteiger partial charge < -0.3 is 19.9 Å². The van der Waals surface area contributed by atoms with E-state index in [9.17, 15) is 19.7 Å². The van der Waals surface area contributed by atoms with Crippen molar-refractivity contribution >= 4 is 17.6 Å². The first kappa shape index (κ1) is 16.4. The van der Waals surface area contributed by atoms with Gasteiger partial charge in [0.1, 0.15) is 6.61 Å². The van der Waals surface area contributed by atoms with Gasteiger partial charge in [0, 0.05) is 12.6 Å². The average molecular weight is 298 g/mol. The monoisotopic (exact) mass is 298 g/mol. The third-order valence-electron chi connectivity index (χ3n) is 2.40. The Hall–Kier alpha value is -2.68. The van der Waals surface area contributed by atoms with Gasteiger partial charge in [-0.2, -0.15) is 0 Å². The number of carbonyl (C=O) groups excluding carboxylic acids is 1. The lowest BCUT2D eigenvalue weighted by Gasteiger charge is -2.09. The van der Waals surface area contributed by atoms with E-state index in [-0.39, 0.29) is 30.2 Å². The van der Waals surface area contributed by atoms with Crippen molar-refractivity contribution in [2.45, 2.75) is 0 Å². The van der Waals surface area contributed by atoms with E-state index in [4.69, 9.17) is 14.6 Å². The predicted molar refractivity (Wildman–Crippen MR) is 70.4 cm³/mol. The molecule has 0 atom stereocenters. The fourth-order valence-electron chi connectivity index (χ4n) is 1.55. The minimum Gasteiger partial charge on any atom is -0.490 e. The molecule has 1 aromatic carbocycles. The molecule has 21 heavy (non-hydrogen) atoms. The molecule has 2 N–H and O–H groups in total. The van der Waals surface area contributed by atoms with E-state index in [1.807, 2.05) is 0 Å². The summed E-state index contributed by atoms with van der Waals surface area (Å²) < 4.78 is 9.65. The van der Waals surface area contributed by atoms with Crippen LogP contribution in [0.25, 0.3) is 0 Å². The lowest BCUT2D eigenvalue weighted by molar-refractivity contribution is -0.385. The minimum atomic E-state index is -1.11. The Morgan fingerprint density at radius 1 is 1.43 bits per heavy atom. The van der Waals surface area contributed by atoms with Gasteiger partial charge in [-0.1, -0.05) is 6.07 Å². The molecule has 0 saturated heterocycles. The summed E-state index contributed by atoms with van der Waals surface area (Å²) in [6.07, 6.45) is 0. The van der Waals surface area contributed by atoms with Crippen LogP contribution in [0.15, 0.2) is 18.2 Å². The SMILES string of the molecule is COc1c(C(=O)NCCOCC(=O)O)cccc1[N+](=O)[O-]. The van der Waals surface area contributed by atoms with Gasteiger partial charge in [0.05, 0.1) is 24.2 Å². The standard InChI is InChI=1S/C12H14N2O7/c1-20-11-8(3-2-4-9(11)14(18)19)12(17)13-5-6-21-7-10(15)16/h2-4H,5-7H2,1H3,(H,13,17)(H,15,16). The second-order valence-corrected chi connectivity index (χ2v) is 3.82. The minimum absolute atomic E-state index is 0.00921. The highest BCUT2D eigenvalue weighted by molar-refractivity contribution is 5.98. The quantitative estimate of drug-likeness (QED) is 0.404. The van der Waals surface area contributed by atoms with Crippen LogP contribution in [-0.2, 0) is 9.53 Å². The third kappa shape index (κ3) is 4.73. The van der Waals surface area contributed by atoms with Crippen LogP contribution in [0.2, 0.25) is 0 Å². The summed E-state index contributed by atoms with van der Waals surface area (Å²) in [5.74, 6) is -1.82. The van der Waals surface area contributed by atoms with Gasteiger partial charge in [0.25, 0.3) is 5.91 Å². The van der Waals surface area contributed by atoms with Crippen molar-refractivity contribution < 1.29 is 29.1 Å². The second-order valence-electron chi connectivity index (χ2n) is 3.82. The van der Waals surface area contributed by atoms with Crippen molar-refractivity contribution in [3.8, 4) is 5.75 Å². The van der Waals surface area contributed by atoms with Gasteiger partial charge in [-0.15, -0.1) is 0 Å². The first-order valence-electron chi connectivity index (χ1n) is 5.86. The normalized spacial score (nSPS) is 9.95. The molecule has 0 saturated carbocycles. The van der Waals surface area contributed by atoms with Crippen LogP contribution in [0, 0.1) is 10.1 Å². The number of nitrogens with zero attached hydrogens (tertiary/aromatic N) is 1. The molecule has 0 aliphatic carbocycles. The Morgan fingerprint density at radius 3 is 2.71 bits per heavy atom. The molecule has 9 heteroatoms. The Labute approximate surface area is 119 Å². The number of nitro benzene ring substituents is 1. The van der Waals surface area contributed by atoms with Gasteiger partial charge >= 0.3 is 11.7 Å². The van der Waals surface area contributed by atoms with Crippen molar-refractivity contribution in [2.75, 3.05) is 26.9 Å². The highest BCUT2D eigenvalue weighted by Gasteiger charge is 2.22. The molecule has 1 rings (SSSR count). The highest BCUT2D eigenvalue weighted by Crippen LogP contribution is 2.30. The van der Waals surface area contributed by atoms with E-state index >= 15 is 0 Å². The molecule has 1 amide bonds. The van der Waals surface area contributed by atoms with Crippen molar-refractivity contribution in [3.63, 3.8) is 0 Å². The molecule has 114 valence electrons. The predicted octanol–water partition coefficient (Wildman–Crippen LogP) is 0.434. The van der Waals surface area contributed by atoms with E-state index < -0.39 is 23.4 Å². The first-order chi connectivity index (χ1) is 9.97. The number of ether oxygens (including phenoxy) is 2. The molecular formula is C12H14N2O7. The van der Waals surface area contributed by atoms with Gasteiger partial charge in [-0.25, -0.2) is 4.79 Å². The number of benzene rings is 1. The lowest BCUT2D eigenvalue weighted by atomic mass is 10.1. The van der Waals surface area contributed by atoms with Gasteiger partial charge in [0.15, 0.2) is 0 Å². The molecule has 1 aromatic rings. The fraction of sp³-hybridized carbons (Fsp3) is 0.333. The van der Waals surface area contributed by atoms with Crippen molar-refractivity contribution in [1.82, 2.24) is 5.32 Å². The van der Waals surface area contributed by atoms with Crippen LogP contribution in [-0.4, -0.2) is 48.8 Å². The number of hydrogen-bond acceptors (Lipinski definition) is 6. The summed E-state index contributed by atoms with van der Waals surface area (Å²) in [6, 6.07) is 3.99. The number of para-hydroxylation sites is 1. The molecule has 0 aliphatic rings. The van der Waals surface area contributed by atoms with Crippen LogP contribution in [0.4, 0.5) is 5.69 Å². The summed E-state index contributed by atoms with van der Waals surface area (Å²) in [4.78, 5) is 32.3. The highest BCUT2D eigenvalue weighted by atomic mass is 16.6. The number of aliphatic carboxylic acids is 1. The van der Waals surface area contributed by atoms with E-state index in [1.54, 1.807) is 0 Å². The van der Waals surface area contributed by atoms with Crippen molar-refractivity contribution in [1.29, 1.82) is 0 Å². The van der Waals surface area contributed by atoms with E-state index in [0.717, 1.165) is 0 Å². The molecule has 0 unspecified atom stereocenters. The Bertz CT molecular complexity index is 544. The summed E-state index contributed by atoms with van der Waals surface area (Å²) >= 11 is 0. The Balaban J connectivity index is 2.68. The fourth-order valence-corrected chi connectivity index (χ4v) is 1.55. The summed E-state index contributed by atoms with van der Waals surface area (Å²) in [7, 11) is 1.23. The molecule has 0 aromatic heterocycles. The maximum atomic E-state index is 11.9. The van der Waals surface area contributed by atoms with Gasteiger partial charge in [-0.3, -0.25) is 14.9 Å². The largest absolute Gasteiger partial charge is 0.490 e. The summed E-state index contributed by atoms with van der Waals surface area (Å²) in [5.41, 5.74) is -0.294. The third-order valence-corrected chi connectivity index (χ3v) is 2.40.